The molecule has 0 aliphatic heterocycles. The number of benzene rings is 1. The number of rotatable bonds is 4. The minimum absolute atomic E-state index is 0.363. The van der Waals surface area contributed by atoms with Crippen LogP contribution in [-0.2, 0) is 9.84 Å². The molecular formula is C11H16O2S2. The van der Waals surface area contributed by atoms with E-state index in [9.17, 15) is 8.42 Å². The van der Waals surface area contributed by atoms with Gasteiger partial charge in [-0.3, -0.25) is 0 Å². The van der Waals surface area contributed by atoms with Crippen LogP contribution in [0.2, 0.25) is 0 Å². The number of thiol groups is 1. The minimum atomic E-state index is -3.25. The van der Waals surface area contributed by atoms with E-state index in [1.165, 1.54) is 0 Å². The third kappa shape index (κ3) is 2.98. The minimum Gasteiger partial charge on any atom is -0.223 e. The smallest absolute Gasteiger partial charge is 0.190 e. The highest BCUT2D eigenvalue weighted by Gasteiger charge is 2.22. The predicted molar refractivity (Wildman–Crippen MR) is 66.0 cm³/mol. The van der Waals surface area contributed by atoms with Crippen molar-refractivity contribution in [2.45, 2.75) is 36.2 Å². The van der Waals surface area contributed by atoms with Crippen LogP contribution in [0.5, 0.6) is 0 Å². The summed E-state index contributed by atoms with van der Waals surface area (Å²) in [5.74, 6) is 0. The van der Waals surface area contributed by atoms with Crippen molar-refractivity contribution in [2.75, 3.05) is 0 Å². The molecule has 2 nitrogen and oxygen atoms in total. The number of hydrogen-bond donors (Lipinski definition) is 1. The first-order chi connectivity index (χ1) is 6.98. The van der Waals surface area contributed by atoms with E-state index in [2.05, 4.69) is 12.6 Å². The molecule has 4 heteroatoms. The van der Waals surface area contributed by atoms with E-state index in [4.69, 9.17) is 0 Å². The summed E-state index contributed by atoms with van der Waals surface area (Å²) in [5, 5.41) is 0. The summed E-state index contributed by atoms with van der Waals surface area (Å²) in [5.41, 5.74) is 1.06. The first kappa shape index (κ1) is 12.6. The molecule has 1 unspecified atom stereocenters. The Hall–Kier alpha value is -0.480. The summed E-state index contributed by atoms with van der Waals surface area (Å²) in [6, 6.07) is 6.89. The van der Waals surface area contributed by atoms with E-state index >= 15 is 0 Å². The molecule has 1 rings (SSSR count). The molecule has 0 N–H and O–H groups in total. The van der Waals surface area contributed by atoms with Gasteiger partial charge < -0.3 is 0 Å². The third-order valence-corrected chi connectivity index (χ3v) is 5.22. The van der Waals surface area contributed by atoms with Gasteiger partial charge in [0.05, 0.1) is 4.90 Å². The summed E-state index contributed by atoms with van der Waals surface area (Å²) >= 11 is 4.14. The molecular weight excluding hydrogens is 228 g/mol. The van der Waals surface area contributed by atoms with Gasteiger partial charge in [-0.1, -0.05) is 31.0 Å². The van der Waals surface area contributed by atoms with Gasteiger partial charge in [-0.15, -0.1) is 0 Å². The molecule has 1 aromatic rings. The van der Waals surface area contributed by atoms with E-state index in [0.717, 1.165) is 12.0 Å². The zero-order valence-electron chi connectivity index (χ0n) is 8.97. The van der Waals surface area contributed by atoms with Crippen molar-refractivity contribution in [3.8, 4) is 0 Å². The fraction of sp³-hybridized carbons (Fsp3) is 0.455. The maximum absolute atomic E-state index is 12.0. The van der Waals surface area contributed by atoms with Crippen LogP contribution < -0.4 is 0 Å². The number of sulfone groups is 1. The lowest BCUT2D eigenvalue weighted by Crippen LogP contribution is -2.15. The van der Waals surface area contributed by atoms with Gasteiger partial charge in [0, 0.05) is 0 Å². The third-order valence-electron chi connectivity index (χ3n) is 2.24. The average molecular weight is 244 g/mol. The van der Waals surface area contributed by atoms with Crippen LogP contribution in [-0.4, -0.2) is 13.0 Å². The molecule has 0 heterocycles. The molecule has 0 saturated heterocycles. The lowest BCUT2D eigenvalue weighted by Gasteiger charge is -2.11. The number of hydrogen-bond acceptors (Lipinski definition) is 3. The van der Waals surface area contributed by atoms with Crippen molar-refractivity contribution in [2.24, 2.45) is 0 Å². The molecule has 0 aliphatic rings. The molecule has 0 radical (unpaired) electrons. The van der Waals surface area contributed by atoms with Crippen molar-refractivity contribution in [1.82, 2.24) is 0 Å². The summed E-state index contributed by atoms with van der Waals surface area (Å²) in [6.45, 7) is 3.88. The van der Waals surface area contributed by atoms with Gasteiger partial charge in [0.15, 0.2) is 9.84 Å². The highest BCUT2D eigenvalue weighted by molar-refractivity contribution is 8.04. The van der Waals surface area contributed by atoms with Gasteiger partial charge in [-0.2, -0.15) is 12.6 Å². The standard InChI is InChI=1S/C11H16O2S2/c1-3-4-11(14)15(12,13)10-7-5-9(2)6-8-10/h5-8,11,14H,3-4H2,1-2H3. The molecule has 0 aromatic heterocycles. The maximum Gasteiger partial charge on any atom is 0.190 e. The zero-order valence-corrected chi connectivity index (χ0v) is 10.7. The highest BCUT2D eigenvalue weighted by Crippen LogP contribution is 2.22. The quantitative estimate of drug-likeness (QED) is 0.826. The van der Waals surface area contributed by atoms with Gasteiger partial charge in [0.25, 0.3) is 0 Å². The fourth-order valence-corrected chi connectivity index (χ4v) is 3.29. The number of aryl methyl sites for hydroxylation is 1. The lowest BCUT2D eigenvalue weighted by atomic mass is 10.2. The van der Waals surface area contributed by atoms with Crippen molar-refractivity contribution < 1.29 is 8.42 Å². The molecule has 0 bridgehead atoms. The first-order valence-electron chi connectivity index (χ1n) is 4.97. The predicted octanol–water partition coefficient (Wildman–Crippen LogP) is 2.82. The van der Waals surface area contributed by atoms with Gasteiger partial charge in [0.1, 0.15) is 4.58 Å². The van der Waals surface area contributed by atoms with Crippen LogP contribution in [0.1, 0.15) is 25.3 Å². The van der Waals surface area contributed by atoms with E-state index in [1.807, 2.05) is 13.8 Å². The summed E-state index contributed by atoms with van der Waals surface area (Å²) < 4.78 is 23.3. The molecule has 1 aromatic carbocycles. The monoisotopic (exact) mass is 244 g/mol. The van der Waals surface area contributed by atoms with Crippen LogP contribution in [0.25, 0.3) is 0 Å². The Bertz CT molecular complexity index is 407. The second-order valence-electron chi connectivity index (χ2n) is 3.60. The average Bonchev–Trinajstić information content (AvgIpc) is 2.18. The van der Waals surface area contributed by atoms with Crippen molar-refractivity contribution >= 4 is 22.5 Å². The van der Waals surface area contributed by atoms with E-state index in [1.54, 1.807) is 24.3 Å². The van der Waals surface area contributed by atoms with E-state index in [0.29, 0.717) is 11.3 Å². The Kier molecular flexibility index (Phi) is 4.22. The highest BCUT2D eigenvalue weighted by atomic mass is 32.2. The second-order valence-corrected chi connectivity index (χ2v) is 6.70. The molecule has 0 saturated carbocycles. The summed E-state index contributed by atoms with van der Waals surface area (Å²) in [6.07, 6.45) is 1.40. The topological polar surface area (TPSA) is 34.1 Å². The largest absolute Gasteiger partial charge is 0.223 e. The fourth-order valence-electron chi connectivity index (χ4n) is 1.29. The van der Waals surface area contributed by atoms with Gasteiger partial charge >= 0.3 is 0 Å². The Balaban J connectivity index is 3.01. The zero-order chi connectivity index (χ0) is 11.5. The molecule has 0 spiro atoms. The van der Waals surface area contributed by atoms with Crippen molar-refractivity contribution in [3.63, 3.8) is 0 Å². The summed E-state index contributed by atoms with van der Waals surface area (Å²) in [7, 11) is -3.25. The lowest BCUT2D eigenvalue weighted by molar-refractivity contribution is 0.589. The normalized spacial score (nSPS) is 13.8. The second kappa shape index (κ2) is 5.03. The Labute approximate surface area is 97.0 Å². The van der Waals surface area contributed by atoms with Crippen LogP contribution in [0.4, 0.5) is 0 Å². The molecule has 84 valence electrons. The summed E-state index contributed by atoms with van der Waals surface area (Å²) in [4.78, 5) is 0.363. The van der Waals surface area contributed by atoms with Gasteiger partial charge in [-0.25, -0.2) is 8.42 Å². The van der Waals surface area contributed by atoms with Gasteiger partial charge in [0.2, 0.25) is 0 Å². The van der Waals surface area contributed by atoms with Crippen molar-refractivity contribution in [1.29, 1.82) is 0 Å². The SMILES string of the molecule is CCCC(S)S(=O)(=O)c1ccc(C)cc1. The van der Waals surface area contributed by atoms with Crippen molar-refractivity contribution in [3.05, 3.63) is 29.8 Å². The van der Waals surface area contributed by atoms with Crippen LogP contribution in [0.3, 0.4) is 0 Å². The molecule has 15 heavy (non-hydrogen) atoms. The van der Waals surface area contributed by atoms with Crippen LogP contribution in [0.15, 0.2) is 29.2 Å². The van der Waals surface area contributed by atoms with Crippen LogP contribution >= 0.6 is 12.6 Å². The Morgan fingerprint density at radius 1 is 1.27 bits per heavy atom. The Morgan fingerprint density at radius 3 is 2.27 bits per heavy atom. The van der Waals surface area contributed by atoms with E-state index in [-0.39, 0.29) is 0 Å². The molecule has 0 amide bonds. The Morgan fingerprint density at radius 2 is 1.80 bits per heavy atom. The van der Waals surface area contributed by atoms with E-state index < -0.39 is 14.4 Å². The maximum atomic E-state index is 12.0. The molecule has 1 atom stereocenters. The molecule has 0 fully saturated rings. The first-order valence-corrected chi connectivity index (χ1v) is 7.03. The molecule has 0 aliphatic carbocycles. The van der Waals surface area contributed by atoms with Crippen LogP contribution in [0, 0.1) is 6.92 Å². The van der Waals surface area contributed by atoms with Gasteiger partial charge in [-0.05, 0) is 25.5 Å².